The number of benzene rings is 2. The molecular formula is C31H35N3O2S. The van der Waals surface area contributed by atoms with E-state index in [0.29, 0.717) is 32.1 Å². The molecular weight excluding hydrogens is 478 g/mol. The highest BCUT2D eigenvalue weighted by Crippen LogP contribution is 2.48. The lowest BCUT2D eigenvalue weighted by atomic mass is 9.89. The van der Waals surface area contributed by atoms with Crippen molar-refractivity contribution in [2.24, 2.45) is 5.92 Å². The molecule has 2 amide bonds. The van der Waals surface area contributed by atoms with Gasteiger partial charge in [-0.2, -0.15) is 0 Å². The Balaban J connectivity index is 1.11. The Kier molecular flexibility index (Phi) is 6.63. The van der Waals surface area contributed by atoms with Gasteiger partial charge in [0.1, 0.15) is 0 Å². The summed E-state index contributed by atoms with van der Waals surface area (Å²) in [7, 11) is 0. The number of amides is 2. The molecule has 1 saturated heterocycles. The van der Waals surface area contributed by atoms with Crippen LogP contribution in [0.5, 0.6) is 0 Å². The van der Waals surface area contributed by atoms with E-state index in [2.05, 4.69) is 66.6 Å². The van der Waals surface area contributed by atoms with Crippen LogP contribution in [0.1, 0.15) is 52.4 Å². The van der Waals surface area contributed by atoms with Crippen LogP contribution in [0.2, 0.25) is 0 Å². The second kappa shape index (κ2) is 10.1. The maximum atomic E-state index is 13.8. The summed E-state index contributed by atoms with van der Waals surface area (Å²) < 4.78 is 0. The molecule has 2 aliphatic heterocycles. The first-order valence-corrected chi connectivity index (χ1v) is 14.4. The third-order valence-corrected chi connectivity index (χ3v) is 9.58. The summed E-state index contributed by atoms with van der Waals surface area (Å²) in [5.74, 6) is 0.895. The summed E-state index contributed by atoms with van der Waals surface area (Å²) in [5, 5.41) is 2.18. The molecule has 5 nitrogen and oxygen atoms in total. The summed E-state index contributed by atoms with van der Waals surface area (Å²) in [6, 6.07) is 21.1. The van der Waals surface area contributed by atoms with Crippen LogP contribution in [0.3, 0.4) is 0 Å². The van der Waals surface area contributed by atoms with E-state index in [9.17, 15) is 9.59 Å². The van der Waals surface area contributed by atoms with Gasteiger partial charge in [-0.05, 0) is 66.3 Å². The van der Waals surface area contributed by atoms with E-state index in [-0.39, 0.29) is 29.8 Å². The molecule has 0 unspecified atom stereocenters. The zero-order chi connectivity index (χ0) is 25.5. The Bertz CT molecular complexity index is 1280. The molecule has 0 radical (unpaired) electrons. The summed E-state index contributed by atoms with van der Waals surface area (Å²) in [5.41, 5.74) is 5.16. The predicted molar refractivity (Wildman–Crippen MR) is 148 cm³/mol. The van der Waals surface area contributed by atoms with Crippen molar-refractivity contribution < 1.29 is 9.59 Å². The van der Waals surface area contributed by atoms with Crippen molar-refractivity contribution in [1.82, 2.24) is 14.7 Å². The van der Waals surface area contributed by atoms with Crippen LogP contribution in [0, 0.1) is 12.8 Å². The van der Waals surface area contributed by atoms with Crippen LogP contribution >= 0.6 is 11.3 Å². The summed E-state index contributed by atoms with van der Waals surface area (Å²) in [6.07, 6.45) is 1.93. The number of carbonyl (C=O) groups excluding carboxylic acids is 2. The minimum Gasteiger partial charge on any atom is -0.339 e. The fourth-order valence-electron chi connectivity index (χ4n) is 6.32. The molecule has 37 heavy (non-hydrogen) atoms. The first kappa shape index (κ1) is 24.4. The number of thiophene rings is 1. The minimum absolute atomic E-state index is 0.0998. The molecule has 3 aromatic rings. The van der Waals surface area contributed by atoms with Gasteiger partial charge in [0.25, 0.3) is 0 Å². The lowest BCUT2D eigenvalue weighted by molar-refractivity contribution is -0.143. The van der Waals surface area contributed by atoms with Crippen molar-refractivity contribution >= 4 is 23.2 Å². The number of fused-ring (bicyclic) bond motifs is 1. The van der Waals surface area contributed by atoms with E-state index in [0.717, 1.165) is 19.4 Å². The fraction of sp³-hybridized carbons (Fsp3) is 0.419. The summed E-state index contributed by atoms with van der Waals surface area (Å²) in [4.78, 5) is 34.7. The van der Waals surface area contributed by atoms with E-state index in [4.69, 9.17) is 0 Å². The topological polar surface area (TPSA) is 43.9 Å². The van der Waals surface area contributed by atoms with E-state index in [1.165, 1.54) is 27.1 Å². The number of nitrogens with zero attached hydrogens (tertiary/aromatic N) is 3. The molecule has 1 aromatic heterocycles. The molecule has 2 fully saturated rings. The number of carbonyl (C=O) groups is 2. The third-order valence-electron chi connectivity index (χ3n) is 8.58. The van der Waals surface area contributed by atoms with Crippen LogP contribution in [0.4, 0.5) is 0 Å². The Morgan fingerprint density at radius 3 is 2.32 bits per heavy atom. The number of hydrogen-bond acceptors (Lipinski definition) is 4. The van der Waals surface area contributed by atoms with Gasteiger partial charge in [-0.3, -0.25) is 14.5 Å². The predicted octanol–water partition coefficient (Wildman–Crippen LogP) is 4.87. The van der Waals surface area contributed by atoms with Crippen LogP contribution in [-0.2, 0) is 16.0 Å². The quantitative estimate of drug-likeness (QED) is 0.489. The van der Waals surface area contributed by atoms with Crippen LogP contribution in [-0.4, -0.2) is 65.3 Å². The van der Waals surface area contributed by atoms with E-state index < -0.39 is 0 Å². The Morgan fingerprint density at radius 2 is 1.57 bits per heavy atom. The first-order chi connectivity index (χ1) is 18.0. The van der Waals surface area contributed by atoms with Crippen molar-refractivity contribution in [2.45, 2.75) is 44.7 Å². The van der Waals surface area contributed by atoms with Crippen LogP contribution in [0.25, 0.3) is 0 Å². The molecule has 3 heterocycles. The summed E-state index contributed by atoms with van der Waals surface area (Å²) >= 11 is 1.83. The zero-order valence-electron chi connectivity index (χ0n) is 21.7. The zero-order valence-corrected chi connectivity index (χ0v) is 22.5. The molecule has 1 saturated carbocycles. The van der Waals surface area contributed by atoms with Crippen molar-refractivity contribution in [3.8, 4) is 0 Å². The van der Waals surface area contributed by atoms with Crippen molar-refractivity contribution in [3.63, 3.8) is 0 Å². The molecule has 6 rings (SSSR count). The van der Waals surface area contributed by atoms with Crippen molar-refractivity contribution in [3.05, 3.63) is 93.2 Å². The highest BCUT2D eigenvalue weighted by molar-refractivity contribution is 7.10. The van der Waals surface area contributed by atoms with Crippen molar-refractivity contribution in [1.29, 1.82) is 0 Å². The number of piperazine rings is 1. The monoisotopic (exact) mass is 513 g/mol. The van der Waals surface area contributed by atoms with E-state index in [1.54, 1.807) is 0 Å². The molecule has 6 heteroatoms. The van der Waals surface area contributed by atoms with Crippen LogP contribution < -0.4 is 0 Å². The molecule has 2 aromatic carbocycles. The van der Waals surface area contributed by atoms with Crippen LogP contribution in [0.15, 0.2) is 66.0 Å². The molecule has 1 aliphatic carbocycles. The smallest absolute Gasteiger partial charge is 0.239 e. The van der Waals surface area contributed by atoms with Gasteiger partial charge in [-0.1, -0.05) is 54.6 Å². The average molecular weight is 514 g/mol. The fourth-order valence-corrected chi connectivity index (χ4v) is 7.22. The molecule has 0 N–H and O–H groups in total. The maximum Gasteiger partial charge on any atom is 0.239 e. The Labute approximate surface area is 223 Å². The molecule has 192 valence electrons. The van der Waals surface area contributed by atoms with Gasteiger partial charge in [-0.25, -0.2) is 0 Å². The highest BCUT2D eigenvalue weighted by atomic mass is 32.1. The molecule has 0 spiro atoms. The van der Waals surface area contributed by atoms with Gasteiger partial charge >= 0.3 is 0 Å². The third kappa shape index (κ3) is 4.62. The number of hydrogen-bond donors (Lipinski definition) is 0. The molecule has 3 aliphatic rings. The number of rotatable bonds is 5. The second-order valence-corrected chi connectivity index (χ2v) is 11.7. The largest absolute Gasteiger partial charge is 0.339 e. The van der Waals surface area contributed by atoms with Gasteiger partial charge < -0.3 is 9.80 Å². The standard InChI is InChI=1S/C31H35N3O2S/c1-21-8-6-7-11-24(21)29-25-13-19-37-28(25)12-14-34(29)22(2)30(35)32-15-17-33(18-16-32)31(36)27-20-26(27)23-9-4-3-5-10-23/h3-11,13,19,22,26-27,29H,12,14-18,20H2,1-2H3/t22-,26+,27-,29-/m1/s1. The van der Waals surface area contributed by atoms with Gasteiger partial charge in [0, 0.05) is 43.5 Å². The second-order valence-electron chi connectivity index (χ2n) is 10.7. The minimum atomic E-state index is -0.217. The first-order valence-electron chi connectivity index (χ1n) is 13.5. The lowest BCUT2D eigenvalue weighted by Gasteiger charge is -2.43. The lowest BCUT2D eigenvalue weighted by Crippen LogP contribution is -2.56. The SMILES string of the molecule is Cc1ccccc1[C@@H]1c2ccsc2CCN1[C@H](C)C(=O)N1CCN(C(=O)[C@@H]2C[C@H]2c2ccccc2)CC1. The molecule has 4 atom stereocenters. The maximum absolute atomic E-state index is 13.8. The van der Waals surface area contributed by atoms with E-state index >= 15 is 0 Å². The van der Waals surface area contributed by atoms with E-state index in [1.807, 2.05) is 39.3 Å². The Morgan fingerprint density at radius 1 is 0.865 bits per heavy atom. The Hall–Kier alpha value is -2.96. The van der Waals surface area contributed by atoms with Gasteiger partial charge in [-0.15, -0.1) is 11.3 Å². The summed E-state index contributed by atoms with van der Waals surface area (Å²) in [6.45, 7) is 7.60. The molecule has 0 bridgehead atoms. The average Bonchev–Trinajstić information content (AvgIpc) is 3.60. The van der Waals surface area contributed by atoms with Gasteiger partial charge in [0.15, 0.2) is 0 Å². The normalized spacial score (nSPS) is 24.4. The van der Waals surface area contributed by atoms with Gasteiger partial charge in [0.05, 0.1) is 12.1 Å². The van der Waals surface area contributed by atoms with Crippen molar-refractivity contribution in [2.75, 3.05) is 32.7 Å². The highest BCUT2D eigenvalue weighted by Gasteiger charge is 2.46. The van der Waals surface area contributed by atoms with Gasteiger partial charge in [0.2, 0.25) is 11.8 Å². The number of aryl methyl sites for hydroxylation is 1.